The fourth-order valence-electron chi connectivity index (χ4n) is 2.12. The molecule has 0 saturated heterocycles. The summed E-state index contributed by atoms with van der Waals surface area (Å²) in [5, 5.41) is 2.62. The van der Waals surface area contributed by atoms with Gasteiger partial charge in [-0.05, 0) is 17.7 Å². The number of amides is 2. The lowest BCUT2D eigenvalue weighted by molar-refractivity contribution is -0.117. The van der Waals surface area contributed by atoms with Gasteiger partial charge in [0, 0.05) is 17.5 Å². The van der Waals surface area contributed by atoms with Gasteiger partial charge < -0.3 is 11.1 Å². The van der Waals surface area contributed by atoms with Gasteiger partial charge in [0.1, 0.15) is 5.82 Å². The van der Waals surface area contributed by atoms with Gasteiger partial charge in [-0.2, -0.15) is 0 Å². The number of hydrogen-bond donors (Lipinski definition) is 2. The molecule has 2 rings (SSSR count). The van der Waals surface area contributed by atoms with E-state index in [9.17, 15) is 14.0 Å². The van der Waals surface area contributed by atoms with Crippen molar-refractivity contribution in [3.05, 3.63) is 29.1 Å². The van der Waals surface area contributed by atoms with E-state index in [1.807, 2.05) is 13.8 Å². The van der Waals surface area contributed by atoms with E-state index in [2.05, 4.69) is 5.32 Å². The van der Waals surface area contributed by atoms with E-state index >= 15 is 0 Å². The average molecular weight is 236 g/mol. The average Bonchev–Trinajstić information content (AvgIpc) is 2.17. The maximum Gasteiger partial charge on any atom is 0.251 e. The molecule has 1 aromatic rings. The molecule has 0 unspecified atom stereocenters. The van der Waals surface area contributed by atoms with E-state index in [1.165, 1.54) is 12.1 Å². The largest absolute Gasteiger partial charge is 0.366 e. The summed E-state index contributed by atoms with van der Waals surface area (Å²) in [6, 6.07) is 2.57. The van der Waals surface area contributed by atoms with E-state index in [-0.39, 0.29) is 17.9 Å². The number of primary amides is 1. The van der Waals surface area contributed by atoms with E-state index in [0.717, 1.165) is 0 Å². The first-order valence-electron chi connectivity index (χ1n) is 5.25. The number of carbonyl (C=O) groups excluding carboxylic acids is 2. The number of rotatable bonds is 1. The third-order valence-electron chi connectivity index (χ3n) is 2.98. The zero-order chi connectivity index (χ0) is 12.8. The summed E-state index contributed by atoms with van der Waals surface area (Å²) in [6.07, 6.45) is 0.287. The number of benzene rings is 1. The highest BCUT2D eigenvalue weighted by atomic mass is 19.1. The molecule has 4 nitrogen and oxygen atoms in total. The molecular weight excluding hydrogens is 223 g/mol. The minimum atomic E-state index is -0.845. The summed E-state index contributed by atoms with van der Waals surface area (Å²) in [5.74, 6) is -1.65. The van der Waals surface area contributed by atoms with E-state index in [0.29, 0.717) is 11.3 Å². The molecule has 0 aliphatic carbocycles. The minimum absolute atomic E-state index is 0.149. The highest BCUT2D eigenvalue weighted by molar-refractivity contribution is 5.99. The zero-order valence-electron chi connectivity index (χ0n) is 9.63. The van der Waals surface area contributed by atoms with Crippen molar-refractivity contribution in [2.75, 3.05) is 5.32 Å². The van der Waals surface area contributed by atoms with Gasteiger partial charge in [0.25, 0.3) is 5.91 Å². The van der Waals surface area contributed by atoms with Gasteiger partial charge in [-0.25, -0.2) is 4.39 Å². The van der Waals surface area contributed by atoms with Crippen LogP contribution in [0.4, 0.5) is 10.1 Å². The SMILES string of the molecule is CC1(C)CC(=O)Nc2cc(C(N)=O)c(F)cc21. The second kappa shape index (κ2) is 3.55. The van der Waals surface area contributed by atoms with Crippen LogP contribution in [-0.2, 0) is 10.2 Å². The fourth-order valence-corrected chi connectivity index (χ4v) is 2.12. The molecule has 0 saturated carbocycles. The summed E-state index contributed by atoms with van der Waals surface area (Å²) in [6.45, 7) is 3.71. The van der Waals surface area contributed by atoms with E-state index in [4.69, 9.17) is 5.73 Å². The van der Waals surface area contributed by atoms with Crippen LogP contribution >= 0.6 is 0 Å². The Morgan fingerprint density at radius 1 is 1.47 bits per heavy atom. The Bertz CT molecular complexity index is 523. The molecule has 17 heavy (non-hydrogen) atoms. The van der Waals surface area contributed by atoms with Crippen molar-refractivity contribution >= 4 is 17.5 Å². The number of carbonyl (C=O) groups is 2. The van der Waals surface area contributed by atoms with Crippen molar-refractivity contribution in [3.8, 4) is 0 Å². The lowest BCUT2D eigenvalue weighted by atomic mass is 9.77. The Labute approximate surface area is 98.0 Å². The van der Waals surface area contributed by atoms with Gasteiger partial charge in [0.05, 0.1) is 5.56 Å². The predicted octanol–water partition coefficient (Wildman–Crippen LogP) is 1.54. The highest BCUT2D eigenvalue weighted by Gasteiger charge is 2.33. The molecule has 90 valence electrons. The molecule has 2 amide bonds. The molecule has 1 heterocycles. The first kappa shape index (κ1) is 11.6. The van der Waals surface area contributed by atoms with E-state index in [1.54, 1.807) is 0 Å². The molecule has 0 aromatic heterocycles. The second-order valence-electron chi connectivity index (χ2n) is 4.85. The third kappa shape index (κ3) is 1.88. The molecule has 0 atom stereocenters. The standard InChI is InChI=1S/C12H13FN2O2/c1-12(2)5-10(16)15-9-3-6(11(14)17)8(13)4-7(9)12/h3-4H,5H2,1-2H3,(H2,14,17)(H,15,16). The summed E-state index contributed by atoms with van der Waals surface area (Å²) >= 11 is 0. The highest BCUT2D eigenvalue weighted by Crippen LogP contribution is 2.38. The molecule has 5 heteroatoms. The van der Waals surface area contributed by atoms with Crippen LogP contribution in [0.1, 0.15) is 36.2 Å². The number of fused-ring (bicyclic) bond motifs is 1. The molecule has 0 fully saturated rings. The van der Waals surface area contributed by atoms with Crippen LogP contribution in [0.3, 0.4) is 0 Å². The number of nitrogens with two attached hydrogens (primary N) is 1. The normalized spacial score (nSPS) is 17.2. The molecule has 1 aliphatic heterocycles. The van der Waals surface area contributed by atoms with Gasteiger partial charge in [0.15, 0.2) is 0 Å². The number of halogens is 1. The van der Waals surface area contributed by atoms with Crippen LogP contribution in [0.2, 0.25) is 0 Å². The third-order valence-corrected chi connectivity index (χ3v) is 2.98. The van der Waals surface area contributed by atoms with Crippen LogP contribution in [0.5, 0.6) is 0 Å². The minimum Gasteiger partial charge on any atom is -0.366 e. The van der Waals surface area contributed by atoms with Crippen LogP contribution < -0.4 is 11.1 Å². The van der Waals surface area contributed by atoms with Gasteiger partial charge in [-0.15, -0.1) is 0 Å². The number of anilines is 1. The van der Waals surface area contributed by atoms with E-state index < -0.39 is 17.1 Å². The quantitative estimate of drug-likeness (QED) is 0.776. The van der Waals surface area contributed by atoms with Crippen LogP contribution in [-0.4, -0.2) is 11.8 Å². The summed E-state index contributed by atoms with van der Waals surface area (Å²) < 4.78 is 13.7. The second-order valence-corrected chi connectivity index (χ2v) is 4.85. The van der Waals surface area contributed by atoms with Gasteiger partial charge in [0.2, 0.25) is 5.91 Å². The first-order valence-corrected chi connectivity index (χ1v) is 5.25. The fraction of sp³-hybridized carbons (Fsp3) is 0.333. The lowest BCUT2D eigenvalue weighted by Gasteiger charge is -2.32. The van der Waals surface area contributed by atoms with Gasteiger partial charge in [-0.3, -0.25) is 9.59 Å². The molecule has 1 aliphatic rings. The smallest absolute Gasteiger partial charge is 0.251 e. The van der Waals surface area contributed by atoms with Crippen molar-refractivity contribution in [2.24, 2.45) is 5.73 Å². The monoisotopic (exact) mass is 236 g/mol. The lowest BCUT2D eigenvalue weighted by Crippen LogP contribution is -2.33. The molecule has 0 bridgehead atoms. The number of nitrogens with one attached hydrogen (secondary N) is 1. The van der Waals surface area contributed by atoms with Crippen molar-refractivity contribution in [2.45, 2.75) is 25.7 Å². The Morgan fingerprint density at radius 2 is 2.12 bits per heavy atom. The van der Waals surface area contributed by atoms with Crippen LogP contribution in [0, 0.1) is 5.82 Å². The number of hydrogen-bond acceptors (Lipinski definition) is 2. The van der Waals surface area contributed by atoms with Gasteiger partial charge in [-0.1, -0.05) is 13.8 Å². The molecule has 0 radical (unpaired) electrons. The summed E-state index contributed by atoms with van der Waals surface area (Å²) in [5.41, 5.74) is 5.54. The molecule has 3 N–H and O–H groups in total. The van der Waals surface area contributed by atoms with Gasteiger partial charge >= 0.3 is 0 Å². The van der Waals surface area contributed by atoms with Crippen molar-refractivity contribution < 1.29 is 14.0 Å². The maximum atomic E-state index is 13.7. The molecule has 1 aromatic carbocycles. The summed E-state index contributed by atoms with van der Waals surface area (Å²) in [4.78, 5) is 22.5. The Balaban J connectivity index is 2.64. The predicted molar refractivity (Wildman–Crippen MR) is 61.2 cm³/mol. The first-order chi connectivity index (χ1) is 7.81. The summed E-state index contributed by atoms with van der Waals surface area (Å²) in [7, 11) is 0. The van der Waals surface area contributed by atoms with Crippen LogP contribution in [0.15, 0.2) is 12.1 Å². The zero-order valence-corrected chi connectivity index (χ0v) is 9.63. The van der Waals surface area contributed by atoms with Crippen LogP contribution in [0.25, 0.3) is 0 Å². The topological polar surface area (TPSA) is 72.2 Å². The Morgan fingerprint density at radius 3 is 2.71 bits per heavy atom. The molecular formula is C12H13FN2O2. The Kier molecular flexibility index (Phi) is 2.41. The van der Waals surface area contributed by atoms with Crippen molar-refractivity contribution in [1.29, 1.82) is 0 Å². The van der Waals surface area contributed by atoms with Crippen molar-refractivity contribution in [3.63, 3.8) is 0 Å². The Hall–Kier alpha value is -1.91. The maximum absolute atomic E-state index is 13.7. The molecule has 0 spiro atoms. The van der Waals surface area contributed by atoms with Crippen molar-refractivity contribution in [1.82, 2.24) is 0 Å².